The highest BCUT2D eigenvalue weighted by Gasteiger charge is 2.30. The van der Waals surface area contributed by atoms with E-state index in [2.05, 4.69) is 16.0 Å². The number of sulfone groups is 1. The minimum Gasteiger partial charge on any atom is -0.444 e. The maximum absolute atomic E-state index is 13.3. The standard InChI is InChI=1S/C33H49N3O7S/c1-23(2)21-27(29(37)18-20-44(41,42)19-17-25-13-9-7-10-14-25)35-30(38)24(3)34-31(39)28(22-26-15-11-8-12-16-26)36-32(40)43-33(4,5)6/h7-16,23-24,27-29,37H,17-22H2,1-6H3,(H,34,39)(H,35,38)(H,36,40)/t24-,27-,28-,29-/m0/s1. The fraction of sp³-hybridized carbons (Fsp3) is 0.545. The van der Waals surface area contributed by atoms with Crippen LogP contribution >= 0.6 is 0 Å². The highest BCUT2D eigenvalue weighted by atomic mass is 32.2. The molecule has 0 heterocycles. The Balaban J connectivity index is 2.02. The van der Waals surface area contributed by atoms with Gasteiger partial charge in [0.1, 0.15) is 17.7 Å². The summed E-state index contributed by atoms with van der Waals surface area (Å²) < 4.78 is 30.7. The first kappa shape index (κ1) is 36.8. The Labute approximate surface area is 262 Å². The van der Waals surface area contributed by atoms with E-state index in [9.17, 15) is 27.9 Å². The van der Waals surface area contributed by atoms with E-state index in [0.717, 1.165) is 11.1 Å². The van der Waals surface area contributed by atoms with Crippen LogP contribution in [-0.4, -0.2) is 72.8 Å². The van der Waals surface area contributed by atoms with Crippen LogP contribution < -0.4 is 16.0 Å². The smallest absolute Gasteiger partial charge is 0.408 e. The maximum Gasteiger partial charge on any atom is 0.408 e. The number of benzene rings is 2. The normalized spacial score (nSPS) is 14.6. The van der Waals surface area contributed by atoms with Crippen LogP contribution in [0.15, 0.2) is 60.7 Å². The van der Waals surface area contributed by atoms with E-state index in [4.69, 9.17) is 4.74 Å². The van der Waals surface area contributed by atoms with Gasteiger partial charge >= 0.3 is 6.09 Å². The molecule has 3 amide bonds. The maximum atomic E-state index is 13.3. The highest BCUT2D eigenvalue weighted by Crippen LogP contribution is 2.14. The van der Waals surface area contributed by atoms with Crippen molar-refractivity contribution in [2.24, 2.45) is 5.92 Å². The van der Waals surface area contributed by atoms with Gasteiger partial charge in [-0.25, -0.2) is 13.2 Å². The van der Waals surface area contributed by atoms with Crippen molar-refractivity contribution in [1.82, 2.24) is 16.0 Å². The third-order valence-corrected chi connectivity index (χ3v) is 8.51. The molecular formula is C33H49N3O7S. The first-order valence-corrected chi connectivity index (χ1v) is 16.9. The van der Waals surface area contributed by atoms with Gasteiger partial charge in [-0.05, 0) is 64.0 Å². The van der Waals surface area contributed by atoms with Crippen LogP contribution in [0.4, 0.5) is 4.79 Å². The third-order valence-electron chi connectivity index (χ3n) is 6.83. The lowest BCUT2D eigenvalue weighted by molar-refractivity contribution is -0.130. The van der Waals surface area contributed by atoms with Gasteiger partial charge in [0.15, 0.2) is 9.84 Å². The second-order valence-corrected chi connectivity index (χ2v) is 14.9. The molecule has 4 atom stereocenters. The average molecular weight is 632 g/mol. The zero-order chi connectivity index (χ0) is 32.9. The van der Waals surface area contributed by atoms with Crippen molar-refractivity contribution in [1.29, 1.82) is 0 Å². The van der Waals surface area contributed by atoms with Crippen molar-refractivity contribution in [2.45, 2.75) is 97.1 Å². The van der Waals surface area contributed by atoms with Gasteiger partial charge in [-0.1, -0.05) is 74.5 Å². The molecular weight excluding hydrogens is 582 g/mol. The zero-order valence-corrected chi connectivity index (χ0v) is 27.5. The molecule has 4 N–H and O–H groups in total. The Kier molecular flexibility index (Phi) is 14.3. The van der Waals surface area contributed by atoms with Crippen molar-refractivity contribution in [2.75, 3.05) is 11.5 Å². The summed E-state index contributed by atoms with van der Waals surface area (Å²) in [7, 11) is -3.43. The number of carbonyl (C=O) groups is 3. The van der Waals surface area contributed by atoms with Crippen LogP contribution in [0.1, 0.15) is 65.5 Å². The largest absolute Gasteiger partial charge is 0.444 e. The summed E-state index contributed by atoms with van der Waals surface area (Å²) in [5.74, 6) is -1.26. The molecule has 0 bridgehead atoms. The number of amides is 3. The van der Waals surface area contributed by atoms with E-state index < -0.39 is 57.6 Å². The van der Waals surface area contributed by atoms with Crippen LogP contribution in [0.25, 0.3) is 0 Å². The van der Waals surface area contributed by atoms with E-state index in [-0.39, 0.29) is 30.3 Å². The van der Waals surface area contributed by atoms with Crippen LogP contribution in [0.2, 0.25) is 0 Å². The van der Waals surface area contributed by atoms with Crippen LogP contribution in [0.3, 0.4) is 0 Å². The molecule has 0 aliphatic heterocycles. The van der Waals surface area contributed by atoms with Gasteiger partial charge in [0.25, 0.3) is 0 Å². The Morgan fingerprint density at radius 3 is 1.93 bits per heavy atom. The molecule has 0 aromatic heterocycles. The number of ether oxygens (including phenoxy) is 1. The van der Waals surface area contributed by atoms with E-state index >= 15 is 0 Å². The Morgan fingerprint density at radius 2 is 1.39 bits per heavy atom. The highest BCUT2D eigenvalue weighted by molar-refractivity contribution is 7.91. The molecule has 2 aromatic rings. The molecule has 10 nitrogen and oxygen atoms in total. The Morgan fingerprint density at radius 1 is 0.818 bits per heavy atom. The minimum atomic E-state index is -3.43. The average Bonchev–Trinajstić information content (AvgIpc) is 2.94. The molecule has 244 valence electrons. The molecule has 0 aliphatic rings. The molecule has 0 fully saturated rings. The molecule has 11 heteroatoms. The molecule has 0 saturated carbocycles. The van der Waals surface area contributed by atoms with Gasteiger partial charge in [0.2, 0.25) is 11.8 Å². The number of hydrogen-bond acceptors (Lipinski definition) is 7. The van der Waals surface area contributed by atoms with E-state index in [1.165, 1.54) is 6.92 Å². The predicted octanol–water partition coefficient (Wildman–Crippen LogP) is 3.57. The minimum absolute atomic E-state index is 0.0323. The van der Waals surface area contributed by atoms with Crippen molar-refractivity contribution in [3.05, 3.63) is 71.8 Å². The fourth-order valence-electron chi connectivity index (χ4n) is 4.54. The quantitative estimate of drug-likeness (QED) is 0.221. The van der Waals surface area contributed by atoms with Gasteiger partial charge in [-0.3, -0.25) is 9.59 Å². The summed E-state index contributed by atoms with van der Waals surface area (Å²) in [6.45, 7) is 10.5. The summed E-state index contributed by atoms with van der Waals surface area (Å²) in [4.78, 5) is 38.9. The number of aliphatic hydroxyl groups is 1. The summed E-state index contributed by atoms with van der Waals surface area (Å²) in [5, 5.41) is 19.0. The first-order chi connectivity index (χ1) is 20.5. The fourth-order valence-corrected chi connectivity index (χ4v) is 5.89. The molecule has 0 spiro atoms. The van der Waals surface area contributed by atoms with Crippen molar-refractivity contribution in [3.8, 4) is 0 Å². The van der Waals surface area contributed by atoms with Crippen LogP contribution in [-0.2, 0) is 37.0 Å². The van der Waals surface area contributed by atoms with Gasteiger partial charge in [-0.2, -0.15) is 0 Å². The lowest BCUT2D eigenvalue weighted by Gasteiger charge is -2.28. The third kappa shape index (κ3) is 14.4. The number of nitrogens with one attached hydrogen (secondary N) is 3. The van der Waals surface area contributed by atoms with Gasteiger partial charge in [0.05, 0.1) is 23.7 Å². The van der Waals surface area contributed by atoms with E-state index in [1.54, 1.807) is 20.8 Å². The number of hydrogen-bond donors (Lipinski definition) is 4. The van der Waals surface area contributed by atoms with Crippen LogP contribution in [0, 0.1) is 5.92 Å². The molecule has 0 aliphatic carbocycles. The van der Waals surface area contributed by atoms with Crippen LogP contribution in [0.5, 0.6) is 0 Å². The van der Waals surface area contributed by atoms with Gasteiger partial charge in [-0.15, -0.1) is 0 Å². The second-order valence-electron chi connectivity index (χ2n) is 12.6. The second kappa shape index (κ2) is 17.2. The molecule has 0 unspecified atom stereocenters. The lowest BCUT2D eigenvalue weighted by Crippen LogP contribution is -2.56. The summed E-state index contributed by atoms with van der Waals surface area (Å²) in [6.07, 6.45) is -0.923. The Hall–Kier alpha value is -3.44. The molecule has 2 rings (SSSR count). The molecule has 0 saturated heterocycles. The summed E-state index contributed by atoms with van der Waals surface area (Å²) >= 11 is 0. The lowest BCUT2D eigenvalue weighted by atomic mass is 9.97. The number of carbonyl (C=O) groups excluding carboxylic acids is 3. The molecule has 2 aromatic carbocycles. The number of aliphatic hydroxyl groups excluding tert-OH is 1. The number of alkyl carbamates (subject to hydrolysis) is 1. The van der Waals surface area contributed by atoms with Gasteiger partial charge in [0, 0.05) is 6.42 Å². The first-order valence-electron chi connectivity index (χ1n) is 15.1. The number of rotatable bonds is 16. The molecule has 0 radical (unpaired) electrons. The molecule has 44 heavy (non-hydrogen) atoms. The Bertz CT molecular complexity index is 1300. The van der Waals surface area contributed by atoms with Crippen molar-refractivity contribution in [3.63, 3.8) is 0 Å². The van der Waals surface area contributed by atoms with Crippen molar-refractivity contribution >= 4 is 27.7 Å². The predicted molar refractivity (Wildman–Crippen MR) is 172 cm³/mol. The summed E-state index contributed by atoms with van der Waals surface area (Å²) in [5.41, 5.74) is 0.961. The number of aryl methyl sites for hydroxylation is 1. The zero-order valence-electron chi connectivity index (χ0n) is 26.7. The monoisotopic (exact) mass is 631 g/mol. The van der Waals surface area contributed by atoms with E-state index in [0.29, 0.717) is 12.8 Å². The van der Waals surface area contributed by atoms with E-state index in [1.807, 2.05) is 74.5 Å². The van der Waals surface area contributed by atoms with Crippen molar-refractivity contribution < 1.29 is 32.6 Å². The summed E-state index contributed by atoms with van der Waals surface area (Å²) in [6, 6.07) is 15.7. The SMILES string of the molecule is CC(C)C[C@H](NC(=O)[C@H](C)NC(=O)[C@H](Cc1ccccc1)NC(=O)OC(C)(C)C)[C@@H](O)CCS(=O)(=O)CCc1ccccc1. The topological polar surface area (TPSA) is 151 Å². The van der Waals surface area contributed by atoms with Gasteiger partial charge < -0.3 is 25.8 Å².